The molecule has 0 amide bonds. The van der Waals surface area contributed by atoms with Gasteiger partial charge in [-0.05, 0) is 30.7 Å². The van der Waals surface area contributed by atoms with Gasteiger partial charge in [0.15, 0.2) is 0 Å². The van der Waals surface area contributed by atoms with Crippen molar-refractivity contribution in [1.29, 1.82) is 0 Å². The molecule has 0 bridgehead atoms. The summed E-state index contributed by atoms with van der Waals surface area (Å²) < 4.78 is 1.06. The lowest BCUT2D eigenvalue weighted by molar-refractivity contribution is 0.874. The molecule has 0 saturated heterocycles. The van der Waals surface area contributed by atoms with Crippen LogP contribution < -0.4 is 5.32 Å². The van der Waals surface area contributed by atoms with Crippen molar-refractivity contribution < 1.29 is 0 Å². The number of benzene rings is 1. The van der Waals surface area contributed by atoms with E-state index in [2.05, 4.69) is 33.2 Å². The van der Waals surface area contributed by atoms with Gasteiger partial charge in [0.25, 0.3) is 0 Å². The van der Waals surface area contributed by atoms with Crippen molar-refractivity contribution in [3.8, 4) is 0 Å². The Hall–Kier alpha value is -0.770. The molecule has 18 heavy (non-hydrogen) atoms. The molecule has 2 aromatic rings. The van der Waals surface area contributed by atoms with Gasteiger partial charge in [0.1, 0.15) is 5.82 Å². The first-order valence-corrected chi connectivity index (χ1v) is 6.94. The molecule has 5 heteroatoms. The number of aromatic nitrogens is 1. The van der Waals surface area contributed by atoms with Crippen LogP contribution in [0.2, 0.25) is 10.0 Å². The summed E-state index contributed by atoms with van der Waals surface area (Å²) in [5.74, 6) is 0.636. The first-order valence-electron chi connectivity index (χ1n) is 5.39. The van der Waals surface area contributed by atoms with Gasteiger partial charge in [0.05, 0.1) is 10.0 Å². The first-order chi connectivity index (χ1) is 8.56. The third kappa shape index (κ3) is 3.37. The second-order valence-electron chi connectivity index (χ2n) is 3.90. The minimum atomic E-state index is 0.115. The fraction of sp³-hybridized carbons (Fsp3) is 0.154. The van der Waals surface area contributed by atoms with Crippen molar-refractivity contribution >= 4 is 44.9 Å². The molecule has 0 aliphatic rings. The summed E-state index contributed by atoms with van der Waals surface area (Å²) in [6.45, 7) is 2.05. The summed E-state index contributed by atoms with van der Waals surface area (Å²) in [5.41, 5.74) is 1.16. The molecule has 0 saturated carbocycles. The third-order valence-electron chi connectivity index (χ3n) is 2.53. The molecule has 1 N–H and O–H groups in total. The third-order valence-corrected chi connectivity index (χ3v) is 3.55. The van der Waals surface area contributed by atoms with Crippen LogP contribution >= 0.6 is 39.1 Å². The van der Waals surface area contributed by atoms with Crippen molar-refractivity contribution in [2.45, 2.75) is 13.0 Å². The average Bonchev–Trinajstić information content (AvgIpc) is 2.33. The van der Waals surface area contributed by atoms with Gasteiger partial charge in [-0.2, -0.15) is 0 Å². The second-order valence-corrected chi connectivity index (χ2v) is 5.66. The molecule has 2 rings (SSSR count). The highest BCUT2D eigenvalue weighted by Crippen LogP contribution is 2.26. The number of nitrogens with one attached hydrogen (secondary N) is 1. The molecule has 1 aromatic heterocycles. The largest absolute Gasteiger partial charge is 0.362 e. The van der Waals surface area contributed by atoms with Gasteiger partial charge in [-0.15, -0.1) is 0 Å². The topological polar surface area (TPSA) is 24.9 Å². The molecule has 1 aromatic carbocycles. The van der Waals surface area contributed by atoms with E-state index in [9.17, 15) is 0 Å². The molecular formula is C13H11BrCl2N2. The molecule has 1 atom stereocenters. The van der Waals surface area contributed by atoms with Crippen LogP contribution in [0.3, 0.4) is 0 Å². The van der Waals surface area contributed by atoms with E-state index in [1.165, 1.54) is 0 Å². The fourth-order valence-corrected chi connectivity index (χ4v) is 2.26. The van der Waals surface area contributed by atoms with E-state index >= 15 is 0 Å². The normalized spacial score (nSPS) is 12.2. The van der Waals surface area contributed by atoms with Crippen LogP contribution in [0.4, 0.5) is 5.82 Å². The number of hydrogen-bond donors (Lipinski definition) is 1. The van der Waals surface area contributed by atoms with Crippen LogP contribution in [0.5, 0.6) is 0 Å². The highest BCUT2D eigenvalue weighted by atomic mass is 79.9. The lowest BCUT2D eigenvalue weighted by Gasteiger charge is -2.16. The van der Waals surface area contributed by atoms with Crippen LogP contribution in [0.1, 0.15) is 18.5 Å². The number of rotatable bonds is 3. The summed E-state index contributed by atoms with van der Waals surface area (Å²) >= 11 is 15.3. The van der Waals surface area contributed by atoms with Crippen LogP contribution in [-0.2, 0) is 0 Å². The molecule has 0 fully saturated rings. The molecular weight excluding hydrogens is 335 g/mol. The molecule has 0 aliphatic carbocycles. The zero-order chi connectivity index (χ0) is 13.1. The Labute approximate surface area is 124 Å². The molecule has 2 nitrogen and oxygen atoms in total. The van der Waals surface area contributed by atoms with Crippen LogP contribution in [-0.4, -0.2) is 4.98 Å². The van der Waals surface area contributed by atoms with E-state index in [0.29, 0.717) is 15.9 Å². The molecule has 0 aliphatic heterocycles. The Morgan fingerprint density at radius 2 is 1.89 bits per heavy atom. The molecule has 94 valence electrons. The standard InChI is InChI=1S/C13H11BrCl2N2/c1-8(9-2-4-10(14)5-3-9)18-13-12(16)6-11(15)7-17-13/h2-8H,1H3,(H,17,18). The van der Waals surface area contributed by atoms with Crippen molar-refractivity contribution in [3.63, 3.8) is 0 Å². The van der Waals surface area contributed by atoms with Gasteiger partial charge in [0, 0.05) is 16.7 Å². The molecule has 1 heterocycles. The number of pyridine rings is 1. The Bertz CT molecular complexity index is 543. The smallest absolute Gasteiger partial charge is 0.145 e. The monoisotopic (exact) mass is 344 g/mol. The lowest BCUT2D eigenvalue weighted by Crippen LogP contribution is -2.08. The Kier molecular flexibility index (Phi) is 4.49. The van der Waals surface area contributed by atoms with Crippen molar-refractivity contribution in [3.05, 3.63) is 56.6 Å². The molecule has 0 radical (unpaired) electrons. The number of anilines is 1. The summed E-state index contributed by atoms with van der Waals surface area (Å²) in [5, 5.41) is 4.31. The zero-order valence-corrected chi connectivity index (χ0v) is 12.7. The van der Waals surface area contributed by atoms with Crippen molar-refractivity contribution in [2.24, 2.45) is 0 Å². The molecule has 1 unspecified atom stereocenters. The maximum Gasteiger partial charge on any atom is 0.145 e. The van der Waals surface area contributed by atoms with E-state index in [4.69, 9.17) is 23.2 Å². The van der Waals surface area contributed by atoms with E-state index in [-0.39, 0.29) is 6.04 Å². The van der Waals surface area contributed by atoms with Crippen LogP contribution in [0, 0.1) is 0 Å². The summed E-state index contributed by atoms with van der Waals surface area (Å²) in [6.07, 6.45) is 1.57. The summed E-state index contributed by atoms with van der Waals surface area (Å²) in [7, 11) is 0. The number of nitrogens with zero attached hydrogens (tertiary/aromatic N) is 1. The lowest BCUT2D eigenvalue weighted by atomic mass is 10.1. The Morgan fingerprint density at radius 3 is 2.50 bits per heavy atom. The minimum Gasteiger partial charge on any atom is -0.362 e. The fourth-order valence-electron chi connectivity index (χ4n) is 1.56. The maximum atomic E-state index is 6.07. The van der Waals surface area contributed by atoms with Crippen LogP contribution in [0.15, 0.2) is 41.0 Å². The summed E-state index contributed by atoms with van der Waals surface area (Å²) in [6, 6.07) is 9.89. The maximum absolute atomic E-state index is 6.07. The minimum absolute atomic E-state index is 0.115. The second kappa shape index (κ2) is 5.91. The zero-order valence-electron chi connectivity index (χ0n) is 9.62. The van der Waals surface area contributed by atoms with Crippen LogP contribution in [0.25, 0.3) is 0 Å². The predicted octanol–water partition coefficient (Wildman–Crippen LogP) is 5.32. The highest BCUT2D eigenvalue weighted by molar-refractivity contribution is 9.10. The Morgan fingerprint density at radius 1 is 1.22 bits per heavy atom. The first kappa shape index (κ1) is 13.7. The summed E-state index contributed by atoms with van der Waals surface area (Å²) in [4.78, 5) is 4.18. The van der Waals surface area contributed by atoms with Gasteiger partial charge in [-0.25, -0.2) is 4.98 Å². The van der Waals surface area contributed by atoms with Gasteiger partial charge < -0.3 is 5.32 Å². The quantitative estimate of drug-likeness (QED) is 0.813. The predicted molar refractivity (Wildman–Crippen MR) is 80.4 cm³/mol. The number of hydrogen-bond acceptors (Lipinski definition) is 2. The van der Waals surface area contributed by atoms with E-state index in [1.54, 1.807) is 12.3 Å². The number of halogens is 3. The van der Waals surface area contributed by atoms with E-state index < -0.39 is 0 Å². The molecule has 0 spiro atoms. The van der Waals surface area contributed by atoms with Crippen molar-refractivity contribution in [1.82, 2.24) is 4.98 Å². The Balaban J connectivity index is 2.15. The van der Waals surface area contributed by atoms with Gasteiger partial charge in [0.2, 0.25) is 0 Å². The van der Waals surface area contributed by atoms with Gasteiger partial charge >= 0.3 is 0 Å². The SMILES string of the molecule is CC(Nc1ncc(Cl)cc1Cl)c1ccc(Br)cc1. The van der Waals surface area contributed by atoms with Gasteiger partial charge in [-0.3, -0.25) is 0 Å². The average molecular weight is 346 g/mol. The van der Waals surface area contributed by atoms with Gasteiger partial charge in [-0.1, -0.05) is 51.3 Å². The van der Waals surface area contributed by atoms with E-state index in [0.717, 1.165) is 10.0 Å². The van der Waals surface area contributed by atoms with E-state index in [1.807, 2.05) is 24.3 Å². The van der Waals surface area contributed by atoms with Crippen molar-refractivity contribution in [2.75, 3.05) is 5.32 Å². The highest BCUT2D eigenvalue weighted by Gasteiger charge is 2.09.